The maximum absolute atomic E-state index is 13.3. The van der Waals surface area contributed by atoms with Crippen molar-refractivity contribution in [1.82, 2.24) is 4.98 Å². The molecule has 4 nitrogen and oxygen atoms in total. The van der Waals surface area contributed by atoms with E-state index >= 15 is 0 Å². The van der Waals surface area contributed by atoms with E-state index < -0.39 is 17.5 Å². The zero-order chi connectivity index (χ0) is 18.5. The summed E-state index contributed by atoms with van der Waals surface area (Å²) in [6.45, 7) is 0.676. The number of halogens is 2. The molecule has 132 valence electrons. The number of nitrogens with one attached hydrogen (secondary N) is 1. The number of anilines is 2. The van der Waals surface area contributed by atoms with Crippen molar-refractivity contribution >= 4 is 17.3 Å². The third-order valence-electron chi connectivity index (χ3n) is 3.86. The fourth-order valence-electron chi connectivity index (χ4n) is 2.50. The number of amides is 1. The number of hydrogen-bond acceptors (Lipinski definition) is 3. The topological polar surface area (TPSA) is 45.2 Å². The Bertz CT molecular complexity index is 916. The molecular formula is C20H17F2N3O. The molecule has 0 aliphatic heterocycles. The van der Waals surface area contributed by atoms with E-state index in [1.54, 1.807) is 12.1 Å². The Kier molecular flexibility index (Phi) is 5.22. The molecule has 0 radical (unpaired) electrons. The number of carbonyl (C=O) groups is 1. The average Bonchev–Trinajstić information content (AvgIpc) is 2.65. The van der Waals surface area contributed by atoms with Gasteiger partial charge in [0.25, 0.3) is 5.91 Å². The predicted octanol–water partition coefficient (Wildman–Crippen LogP) is 4.25. The largest absolute Gasteiger partial charge is 0.370 e. The molecule has 1 N–H and O–H groups in total. The van der Waals surface area contributed by atoms with Crippen molar-refractivity contribution in [2.75, 3.05) is 17.3 Å². The highest BCUT2D eigenvalue weighted by atomic mass is 19.2. The fourth-order valence-corrected chi connectivity index (χ4v) is 2.50. The molecule has 1 heterocycles. The zero-order valence-electron chi connectivity index (χ0n) is 14.1. The Labute approximate surface area is 150 Å². The third-order valence-corrected chi connectivity index (χ3v) is 3.86. The van der Waals surface area contributed by atoms with Gasteiger partial charge in [-0.05, 0) is 29.8 Å². The summed E-state index contributed by atoms with van der Waals surface area (Å²) < 4.78 is 26.2. The van der Waals surface area contributed by atoms with Crippen LogP contribution in [-0.4, -0.2) is 17.9 Å². The molecule has 3 rings (SSSR count). The molecule has 1 aromatic heterocycles. The van der Waals surface area contributed by atoms with Gasteiger partial charge in [0.2, 0.25) is 0 Å². The van der Waals surface area contributed by atoms with Crippen LogP contribution in [0, 0.1) is 11.6 Å². The van der Waals surface area contributed by atoms with E-state index in [0.717, 1.165) is 23.4 Å². The van der Waals surface area contributed by atoms with Crippen LogP contribution in [0.1, 0.15) is 16.1 Å². The molecule has 0 fully saturated rings. The maximum Gasteiger partial charge on any atom is 0.274 e. The van der Waals surface area contributed by atoms with Crippen molar-refractivity contribution in [1.29, 1.82) is 0 Å². The quantitative estimate of drug-likeness (QED) is 0.746. The second-order valence-corrected chi connectivity index (χ2v) is 5.82. The van der Waals surface area contributed by atoms with Gasteiger partial charge in [-0.1, -0.05) is 30.3 Å². The fraction of sp³-hybridized carbons (Fsp3) is 0.100. The first kappa shape index (κ1) is 17.5. The first-order valence-corrected chi connectivity index (χ1v) is 8.00. The minimum atomic E-state index is -1.02. The molecule has 0 aliphatic rings. The van der Waals surface area contributed by atoms with Crippen molar-refractivity contribution in [3.8, 4) is 0 Å². The summed E-state index contributed by atoms with van der Waals surface area (Å²) in [5.74, 6) is -2.48. The minimum Gasteiger partial charge on any atom is -0.370 e. The Morgan fingerprint density at radius 2 is 1.81 bits per heavy atom. The highest BCUT2D eigenvalue weighted by Gasteiger charge is 2.12. The normalized spacial score (nSPS) is 10.4. The summed E-state index contributed by atoms with van der Waals surface area (Å²) in [5, 5.41) is 2.52. The number of hydrogen-bond donors (Lipinski definition) is 1. The van der Waals surface area contributed by atoms with Crippen LogP contribution in [0.4, 0.5) is 20.2 Å². The summed E-state index contributed by atoms with van der Waals surface area (Å²) in [5.41, 5.74) is 2.31. The third kappa shape index (κ3) is 4.22. The van der Waals surface area contributed by atoms with E-state index in [9.17, 15) is 13.6 Å². The molecule has 26 heavy (non-hydrogen) atoms. The number of benzene rings is 2. The van der Waals surface area contributed by atoms with Crippen molar-refractivity contribution < 1.29 is 13.6 Å². The van der Waals surface area contributed by atoms with Crippen molar-refractivity contribution in [3.63, 3.8) is 0 Å². The van der Waals surface area contributed by atoms with Gasteiger partial charge in [0.1, 0.15) is 5.69 Å². The number of aromatic nitrogens is 1. The highest BCUT2D eigenvalue weighted by Crippen LogP contribution is 2.18. The van der Waals surface area contributed by atoms with E-state index in [1.807, 2.05) is 42.3 Å². The summed E-state index contributed by atoms with van der Waals surface area (Å²) in [4.78, 5) is 18.4. The maximum atomic E-state index is 13.3. The summed E-state index contributed by atoms with van der Waals surface area (Å²) in [6.07, 6.45) is 1.54. The van der Waals surface area contributed by atoms with E-state index in [0.29, 0.717) is 6.54 Å². The van der Waals surface area contributed by atoms with Crippen LogP contribution in [0.3, 0.4) is 0 Å². The molecule has 0 saturated carbocycles. The average molecular weight is 353 g/mol. The lowest BCUT2D eigenvalue weighted by Gasteiger charge is -2.19. The molecule has 0 saturated heterocycles. The van der Waals surface area contributed by atoms with Crippen LogP contribution in [0.5, 0.6) is 0 Å². The number of rotatable bonds is 5. The first-order chi connectivity index (χ1) is 12.5. The van der Waals surface area contributed by atoms with Crippen LogP contribution in [0.25, 0.3) is 0 Å². The molecule has 0 bridgehead atoms. The second-order valence-electron chi connectivity index (χ2n) is 5.82. The van der Waals surface area contributed by atoms with E-state index in [1.165, 1.54) is 12.3 Å². The number of pyridine rings is 1. The van der Waals surface area contributed by atoms with Gasteiger partial charge in [0.15, 0.2) is 11.6 Å². The van der Waals surface area contributed by atoms with Gasteiger partial charge < -0.3 is 10.2 Å². The summed E-state index contributed by atoms with van der Waals surface area (Å²) in [6, 6.07) is 16.6. The Morgan fingerprint density at radius 3 is 2.54 bits per heavy atom. The molecule has 6 heteroatoms. The van der Waals surface area contributed by atoms with Crippen LogP contribution in [0.15, 0.2) is 66.9 Å². The highest BCUT2D eigenvalue weighted by molar-refractivity contribution is 6.03. The van der Waals surface area contributed by atoms with E-state index in [4.69, 9.17) is 0 Å². The van der Waals surface area contributed by atoms with Gasteiger partial charge in [0, 0.05) is 37.2 Å². The second kappa shape index (κ2) is 7.74. The Hall–Kier alpha value is -3.28. The van der Waals surface area contributed by atoms with Gasteiger partial charge >= 0.3 is 0 Å². The van der Waals surface area contributed by atoms with Crippen molar-refractivity contribution in [3.05, 3.63) is 89.8 Å². The van der Waals surface area contributed by atoms with Crippen LogP contribution in [-0.2, 0) is 6.54 Å². The van der Waals surface area contributed by atoms with Crippen LogP contribution < -0.4 is 10.2 Å². The van der Waals surface area contributed by atoms with Crippen LogP contribution in [0.2, 0.25) is 0 Å². The molecule has 0 spiro atoms. The zero-order valence-corrected chi connectivity index (χ0v) is 14.1. The van der Waals surface area contributed by atoms with E-state index in [-0.39, 0.29) is 11.4 Å². The lowest BCUT2D eigenvalue weighted by atomic mass is 10.2. The number of carbonyl (C=O) groups excluding carboxylic acids is 1. The lowest BCUT2D eigenvalue weighted by Crippen LogP contribution is -2.18. The van der Waals surface area contributed by atoms with E-state index in [2.05, 4.69) is 10.3 Å². The first-order valence-electron chi connectivity index (χ1n) is 8.00. The lowest BCUT2D eigenvalue weighted by molar-refractivity contribution is 0.102. The van der Waals surface area contributed by atoms with Gasteiger partial charge in [0.05, 0.1) is 0 Å². The van der Waals surface area contributed by atoms with Crippen molar-refractivity contribution in [2.24, 2.45) is 0 Å². The monoisotopic (exact) mass is 353 g/mol. The van der Waals surface area contributed by atoms with Gasteiger partial charge in [-0.3, -0.25) is 9.78 Å². The molecular weight excluding hydrogens is 336 g/mol. The molecule has 2 aromatic carbocycles. The smallest absolute Gasteiger partial charge is 0.274 e. The Morgan fingerprint density at radius 1 is 1.04 bits per heavy atom. The van der Waals surface area contributed by atoms with Gasteiger partial charge in [-0.25, -0.2) is 8.78 Å². The SMILES string of the molecule is CN(Cc1ccccc1)c1ccnc(C(=O)Nc2ccc(F)c(F)c2)c1. The summed E-state index contributed by atoms with van der Waals surface area (Å²) >= 11 is 0. The number of nitrogens with zero attached hydrogens (tertiary/aromatic N) is 2. The van der Waals surface area contributed by atoms with Crippen molar-refractivity contribution in [2.45, 2.75) is 6.54 Å². The van der Waals surface area contributed by atoms with Gasteiger partial charge in [-0.15, -0.1) is 0 Å². The molecule has 0 atom stereocenters. The minimum absolute atomic E-state index is 0.166. The van der Waals surface area contributed by atoms with Gasteiger partial charge in [-0.2, -0.15) is 0 Å². The molecule has 3 aromatic rings. The summed E-state index contributed by atoms with van der Waals surface area (Å²) in [7, 11) is 1.92. The molecule has 1 amide bonds. The Balaban J connectivity index is 1.73. The molecule has 0 aliphatic carbocycles. The van der Waals surface area contributed by atoms with Crippen LogP contribution >= 0.6 is 0 Å². The predicted molar refractivity (Wildman–Crippen MR) is 97.1 cm³/mol. The molecule has 0 unspecified atom stereocenters. The standard InChI is InChI=1S/C20H17F2N3O/c1-25(13-14-5-3-2-4-6-14)16-9-10-23-19(12-16)20(26)24-15-7-8-17(21)18(22)11-15/h2-12H,13H2,1H3,(H,24,26).